The van der Waals surface area contributed by atoms with Crippen molar-refractivity contribution in [3.63, 3.8) is 0 Å². The van der Waals surface area contributed by atoms with E-state index in [0.717, 1.165) is 37.0 Å². The molecule has 0 saturated carbocycles. The Morgan fingerprint density at radius 3 is 2.12 bits per heavy atom. The summed E-state index contributed by atoms with van der Waals surface area (Å²) in [5.74, 6) is 0.849. The lowest BCUT2D eigenvalue weighted by molar-refractivity contribution is -0.121. The Morgan fingerprint density at radius 1 is 0.824 bits per heavy atom. The number of amides is 4. The van der Waals surface area contributed by atoms with Crippen LogP contribution in [-0.2, 0) is 30.4 Å². The number of hydrogen-bond acceptors (Lipinski definition) is 11. The van der Waals surface area contributed by atoms with E-state index in [9.17, 15) is 14.4 Å². The molecule has 4 rings (SSSR count). The Hall–Kier alpha value is -4.41. The predicted molar refractivity (Wildman–Crippen MR) is 192 cm³/mol. The maximum atomic E-state index is 12.4. The van der Waals surface area contributed by atoms with Gasteiger partial charge in [-0.15, -0.1) is 0 Å². The second kappa shape index (κ2) is 23.1. The first-order valence-corrected chi connectivity index (χ1v) is 18.3. The lowest BCUT2D eigenvalue weighted by Gasteiger charge is -2.16. The molecule has 4 amide bonds. The normalized spacial score (nSPS) is 17.7. The Labute approximate surface area is 301 Å². The Morgan fingerprint density at radius 2 is 1.45 bits per heavy atom. The highest BCUT2D eigenvalue weighted by molar-refractivity contribution is 8.00. The number of urea groups is 1. The van der Waals surface area contributed by atoms with Gasteiger partial charge in [0, 0.05) is 54.2 Å². The fraction of sp³-hybridized carbons (Fsp3) is 0.559. The molecule has 3 atom stereocenters. The van der Waals surface area contributed by atoms with Gasteiger partial charge in [0.1, 0.15) is 11.9 Å². The maximum absolute atomic E-state index is 12.4. The summed E-state index contributed by atoms with van der Waals surface area (Å²) in [5, 5.41) is 23.6. The highest BCUT2D eigenvalue weighted by Crippen LogP contribution is 2.33. The molecule has 17 heteroatoms. The van der Waals surface area contributed by atoms with Crippen LogP contribution in [0.1, 0.15) is 54.4 Å². The van der Waals surface area contributed by atoms with Gasteiger partial charge < -0.3 is 40.3 Å². The van der Waals surface area contributed by atoms with E-state index in [2.05, 4.69) is 41.7 Å². The summed E-state index contributed by atoms with van der Waals surface area (Å²) < 4.78 is 16.7. The topological polar surface area (TPSA) is 210 Å². The van der Waals surface area contributed by atoms with E-state index in [1.54, 1.807) is 48.5 Å². The van der Waals surface area contributed by atoms with Crippen molar-refractivity contribution in [2.24, 2.45) is 15.5 Å². The van der Waals surface area contributed by atoms with Crippen LogP contribution in [0.25, 0.3) is 10.4 Å². The molecule has 0 aromatic heterocycles. The standard InChI is InChI=1S/C34H47N9O7S/c35-42-43-50-23-25-7-11-27(12-8-25)40-41-28-13-9-26(10-14-28)33(45)37-16-4-18-48-20-22-49-21-19-47-17-3-15-36-31(44)6-2-1-5-30-32-29(24-51-30)38-34(46)39-32/h7-14,29-30,32H,1-6,15-24H2,(H,36,44)(H,37,45)(H2,38,39,46)/t29-,30-,32-/m0/s1. The molecule has 2 fully saturated rings. The molecule has 0 unspecified atom stereocenters. The van der Waals surface area contributed by atoms with E-state index in [4.69, 9.17) is 24.6 Å². The van der Waals surface area contributed by atoms with E-state index >= 15 is 0 Å². The molecule has 0 spiro atoms. The van der Waals surface area contributed by atoms with Gasteiger partial charge in [-0.2, -0.15) is 22.0 Å². The lowest BCUT2D eigenvalue weighted by atomic mass is 10.0. The van der Waals surface area contributed by atoms with Crippen LogP contribution in [0.5, 0.6) is 0 Å². The molecule has 16 nitrogen and oxygen atoms in total. The summed E-state index contributed by atoms with van der Waals surface area (Å²) in [7, 11) is 0. The predicted octanol–water partition coefficient (Wildman–Crippen LogP) is 5.25. The van der Waals surface area contributed by atoms with Crippen LogP contribution < -0.4 is 21.3 Å². The monoisotopic (exact) mass is 725 g/mol. The summed E-state index contributed by atoms with van der Waals surface area (Å²) in [6.45, 7) is 4.17. The van der Waals surface area contributed by atoms with Crippen LogP contribution in [0.15, 0.2) is 64.0 Å². The molecule has 2 heterocycles. The van der Waals surface area contributed by atoms with Crippen LogP contribution in [-0.4, -0.2) is 93.7 Å². The van der Waals surface area contributed by atoms with Crippen molar-refractivity contribution in [3.8, 4) is 0 Å². The molecule has 2 aliphatic rings. The number of nitrogens with zero attached hydrogens (tertiary/aromatic N) is 5. The van der Waals surface area contributed by atoms with Gasteiger partial charge in [0.05, 0.1) is 49.9 Å². The quantitative estimate of drug-likeness (QED) is 0.0265. The first-order valence-electron chi connectivity index (χ1n) is 17.3. The number of nitrogens with one attached hydrogen (secondary N) is 4. The average Bonchev–Trinajstić information content (AvgIpc) is 3.70. The van der Waals surface area contributed by atoms with E-state index < -0.39 is 0 Å². The molecule has 2 aromatic carbocycles. The summed E-state index contributed by atoms with van der Waals surface area (Å²) >= 11 is 1.90. The number of azo groups is 1. The second-order valence-electron chi connectivity index (χ2n) is 11.9. The van der Waals surface area contributed by atoms with E-state index in [1.165, 1.54) is 0 Å². The summed E-state index contributed by atoms with van der Waals surface area (Å²) in [6.07, 6.45) is 4.77. The van der Waals surface area contributed by atoms with Gasteiger partial charge in [-0.1, -0.05) is 18.6 Å². The zero-order valence-corrected chi connectivity index (χ0v) is 29.5. The highest BCUT2D eigenvalue weighted by Gasteiger charge is 2.42. The third-order valence-electron chi connectivity index (χ3n) is 8.04. The van der Waals surface area contributed by atoms with Gasteiger partial charge in [0.15, 0.2) is 0 Å². The number of benzene rings is 2. The molecule has 0 aliphatic carbocycles. The van der Waals surface area contributed by atoms with Gasteiger partial charge in [-0.25, -0.2) is 4.79 Å². The minimum atomic E-state index is -0.175. The smallest absolute Gasteiger partial charge is 0.315 e. The van der Waals surface area contributed by atoms with E-state index in [-0.39, 0.29) is 36.5 Å². The number of thioether (sulfide) groups is 1. The van der Waals surface area contributed by atoms with Crippen LogP contribution in [0.2, 0.25) is 0 Å². The summed E-state index contributed by atoms with van der Waals surface area (Å²) in [5.41, 5.74) is 10.9. The number of unbranched alkanes of at least 4 members (excludes halogenated alkanes) is 1. The van der Waals surface area contributed by atoms with Gasteiger partial charge in [0.2, 0.25) is 5.91 Å². The molecule has 51 heavy (non-hydrogen) atoms. The van der Waals surface area contributed by atoms with Gasteiger partial charge in [-0.05, 0) is 73.2 Å². The zero-order valence-electron chi connectivity index (χ0n) is 28.7. The fourth-order valence-corrected chi connectivity index (χ4v) is 6.91. The second-order valence-corrected chi connectivity index (χ2v) is 13.1. The minimum absolute atomic E-state index is 0.0633. The van der Waals surface area contributed by atoms with Crippen molar-refractivity contribution >= 4 is 41.0 Å². The third kappa shape index (κ3) is 15.2. The van der Waals surface area contributed by atoms with Crippen molar-refractivity contribution in [2.75, 3.05) is 58.5 Å². The fourth-order valence-electron chi connectivity index (χ4n) is 5.37. The maximum Gasteiger partial charge on any atom is 0.315 e. The molecule has 0 radical (unpaired) electrons. The number of carbonyl (C=O) groups excluding carboxylic acids is 3. The molecule has 276 valence electrons. The largest absolute Gasteiger partial charge is 0.429 e. The molecular formula is C34H47N9O7S. The van der Waals surface area contributed by atoms with E-state index in [1.807, 2.05) is 11.8 Å². The van der Waals surface area contributed by atoms with Crippen molar-refractivity contribution in [1.82, 2.24) is 21.3 Å². The van der Waals surface area contributed by atoms with Gasteiger partial charge in [0.25, 0.3) is 5.91 Å². The lowest BCUT2D eigenvalue weighted by Crippen LogP contribution is -2.36. The first kappa shape index (κ1) is 39.4. The Balaban J connectivity index is 0.896. The molecule has 2 aromatic rings. The summed E-state index contributed by atoms with van der Waals surface area (Å²) in [4.78, 5) is 43.3. The van der Waals surface area contributed by atoms with E-state index in [0.29, 0.717) is 87.8 Å². The van der Waals surface area contributed by atoms with Crippen LogP contribution in [0, 0.1) is 0 Å². The molecule has 2 saturated heterocycles. The van der Waals surface area contributed by atoms with Crippen LogP contribution in [0.4, 0.5) is 16.2 Å². The molecule has 4 N–H and O–H groups in total. The minimum Gasteiger partial charge on any atom is -0.429 e. The van der Waals surface area contributed by atoms with Gasteiger partial charge in [-0.3, -0.25) is 9.59 Å². The van der Waals surface area contributed by atoms with Crippen molar-refractivity contribution in [2.45, 2.75) is 62.5 Å². The SMILES string of the molecule is [N-]=[N+]=NOCc1ccc(N=Nc2ccc(C(=O)NCCCOCCOCCOCCCNC(=O)CCCC[C@@H]3SC[C@@H]4NC(=O)N[C@@H]43)cc2)cc1. The number of carbonyl (C=O) groups is 3. The number of azide groups is 1. The average molecular weight is 726 g/mol. The van der Waals surface area contributed by atoms with Crippen molar-refractivity contribution in [1.29, 1.82) is 0 Å². The van der Waals surface area contributed by atoms with Crippen LogP contribution in [0.3, 0.4) is 0 Å². The molecule has 2 aliphatic heterocycles. The third-order valence-corrected chi connectivity index (χ3v) is 9.54. The number of ether oxygens (including phenoxy) is 3. The summed E-state index contributed by atoms with van der Waals surface area (Å²) in [6, 6.07) is 14.4. The highest BCUT2D eigenvalue weighted by atomic mass is 32.2. The zero-order chi connectivity index (χ0) is 35.9. The first-order chi connectivity index (χ1) is 25.0. The Kier molecular flexibility index (Phi) is 17.9. The number of fused-ring (bicyclic) bond motifs is 1. The molecule has 0 bridgehead atoms. The molecular weight excluding hydrogens is 678 g/mol. The van der Waals surface area contributed by atoms with Gasteiger partial charge >= 0.3 is 6.03 Å². The number of hydrogen-bond donors (Lipinski definition) is 4. The Bertz CT molecular complexity index is 1440. The van der Waals surface area contributed by atoms with Crippen molar-refractivity contribution < 1.29 is 33.4 Å². The van der Waals surface area contributed by atoms with Crippen LogP contribution >= 0.6 is 11.8 Å². The number of rotatable bonds is 25. The van der Waals surface area contributed by atoms with Crippen molar-refractivity contribution in [3.05, 3.63) is 70.1 Å².